The van der Waals surface area contributed by atoms with E-state index in [0.29, 0.717) is 30.6 Å². The second-order valence-electron chi connectivity index (χ2n) is 6.99. The number of halogens is 1. The van der Waals surface area contributed by atoms with Gasteiger partial charge in [0.2, 0.25) is 0 Å². The number of amides is 1. The maximum Gasteiger partial charge on any atom is 0.289 e. The second kappa shape index (κ2) is 7.80. The Hall–Kier alpha value is -3.21. The summed E-state index contributed by atoms with van der Waals surface area (Å²) in [6, 6.07) is 17.1. The lowest BCUT2D eigenvalue weighted by Gasteiger charge is -2.31. The minimum absolute atomic E-state index is 0.129. The number of nitrogens with zero attached hydrogens (tertiary/aromatic N) is 1. The standard InChI is InChI=1S/C23H20FNO3/c24-20-14-17(10-11-19(20)16-6-2-1-3-7-16)22(26)18-8-4-12-25(15-18)23(27)21-9-5-13-28-21/h1-3,5-7,9-11,13-14,18H,4,8,12,15H2. The zero-order valence-electron chi connectivity index (χ0n) is 15.3. The Morgan fingerprint density at radius 3 is 2.57 bits per heavy atom. The minimum Gasteiger partial charge on any atom is -0.459 e. The van der Waals surface area contributed by atoms with Crippen molar-refractivity contribution >= 4 is 11.7 Å². The van der Waals surface area contributed by atoms with E-state index in [2.05, 4.69) is 0 Å². The van der Waals surface area contributed by atoms with Crippen LogP contribution < -0.4 is 0 Å². The van der Waals surface area contributed by atoms with Crippen LogP contribution in [-0.4, -0.2) is 29.7 Å². The molecular weight excluding hydrogens is 357 g/mol. The van der Waals surface area contributed by atoms with E-state index < -0.39 is 5.82 Å². The van der Waals surface area contributed by atoms with Crippen LogP contribution in [0.2, 0.25) is 0 Å². The lowest BCUT2D eigenvalue weighted by molar-refractivity contribution is 0.0610. The van der Waals surface area contributed by atoms with Gasteiger partial charge in [0, 0.05) is 30.1 Å². The number of benzene rings is 2. The van der Waals surface area contributed by atoms with Crippen LogP contribution in [0.3, 0.4) is 0 Å². The van der Waals surface area contributed by atoms with Gasteiger partial charge >= 0.3 is 0 Å². The second-order valence-corrected chi connectivity index (χ2v) is 6.99. The first-order valence-corrected chi connectivity index (χ1v) is 9.35. The van der Waals surface area contributed by atoms with Crippen LogP contribution in [0.15, 0.2) is 71.3 Å². The van der Waals surface area contributed by atoms with E-state index in [1.165, 1.54) is 12.3 Å². The molecule has 1 aliphatic rings. The molecule has 2 aromatic carbocycles. The van der Waals surface area contributed by atoms with Gasteiger partial charge in [-0.3, -0.25) is 9.59 Å². The van der Waals surface area contributed by atoms with Gasteiger partial charge in [0.05, 0.1) is 6.26 Å². The molecule has 1 saturated heterocycles. The topological polar surface area (TPSA) is 50.5 Å². The van der Waals surface area contributed by atoms with Crippen molar-refractivity contribution < 1.29 is 18.4 Å². The van der Waals surface area contributed by atoms with Crippen molar-refractivity contribution in [3.63, 3.8) is 0 Å². The molecule has 0 aliphatic carbocycles. The van der Waals surface area contributed by atoms with Crippen LogP contribution in [0.4, 0.5) is 4.39 Å². The Labute approximate surface area is 162 Å². The predicted molar refractivity (Wildman–Crippen MR) is 104 cm³/mol. The Kier molecular flexibility index (Phi) is 5.06. The van der Waals surface area contributed by atoms with Crippen LogP contribution in [0, 0.1) is 11.7 Å². The quantitative estimate of drug-likeness (QED) is 0.613. The van der Waals surface area contributed by atoms with Gasteiger partial charge in [-0.15, -0.1) is 0 Å². The Bertz CT molecular complexity index is 982. The highest BCUT2D eigenvalue weighted by Crippen LogP contribution is 2.27. The molecule has 1 aliphatic heterocycles. The molecule has 4 nitrogen and oxygen atoms in total. The fraction of sp³-hybridized carbons (Fsp3) is 0.217. The Morgan fingerprint density at radius 1 is 1.04 bits per heavy atom. The molecular formula is C23H20FNO3. The van der Waals surface area contributed by atoms with Gasteiger partial charge in [-0.2, -0.15) is 0 Å². The lowest BCUT2D eigenvalue weighted by Crippen LogP contribution is -2.42. The van der Waals surface area contributed by atoms with E-state index in [1.807, 2.05) is 30.3 Å². The third-order valence-corrected chi connectivity index (χ3v) is 5.15. The number of ketones is 1. The molecule has 0 spiro atoms. The zero-order chi connectivity index (χ0) is 19.5. The van der Waals surface area contributed by atoms with Crippen molar-refractivity contribution in [2.45, 2.75) is 12.8 Å². The van der Waals surface area contributed by atoms with E-state index in [0.717, 1.165) is 12.0 Å². The molecule has 0 radical (unpaired) electrons. The van der Waals surface area contributed by atoms with Crippen molar-refractivity contribution in [2.24, 2.45) is 5.92 Å². The van der Waals surface area contributed by atoms with Gasteiger partial charge in [-0.25, -0.2) is 4.39 Å². The largest absolute Gasteiger partial charge is 0.459 e. The summed E-state index contributed by atoms with van der Waals surface area (Å²) in [4.78, 5) is 27.0. The number of Topliss-reactive ketones (excluding diaryl/α,β-unsaturated/α-hetero) is 1. The molecule has 5 heteroatoms. The van der Waals surface area contributed by atoms with Gasteiger partial charge in [-0.1, -0.05) is 42.5 Å². The molecule has 1 aromatic heterocycles. The van der Waals surface area contributed by atoms with E-state index in [-0.39, 0.29) is 23.4 Å². The molecule has 142 valence electrons. The number of hydrogen-bond acceptors (Lipinski definition) is 3. The van der Waals surface area contributed by atoms with E-state index in [1.54, 1.807) is 29.2 Å². The van der Waals surface area contributed by atoms with Gasteiger partial charge in [0.1, 0.15) is 5.82 Å². The van der Waals surface area contributed by atoms with Crippen molar-refractivity contribution in [3.05, 3.63) is 84.1 Å². The smallest absolute Gasteiger partial charge is 0.289 e. The van der Waals surface area contributed by atoms with Crippen LogP contribution in [-0.2, 0) is 0 Å². The van der Waals surface area contributed by atoms with E-state index in [9.17, 15) is 14.0 Å². The number of hydrogen-bond donors (Lipinski definition) is 0. The summed E-state index contributed by atoms with van der Waals surface area (Å²) in [5.74, 6) is -0.832. The summed E-state index contributed by atoms with van der Waals surface area (Å²) >= 11 is 0. The number of furan rings is 1. The monoisotopic (exact) mass is 377 g/mol. The molecule has 28 heavy (non-hydrogen) atoms. The van der Waals surface area contributed by atoms with Gasteiger partial charge in [-0.05, 0) is 36.6 Å². The number of carbonyl (C=O) groups is 2. The Morgan fingerprint density at radius 2 is 1.86 bits per heavy atom. The molecule has 3 aromatic rings. The first-order chi connectivity index (χ1) is 13.6. The molecule has 4 rings (SSSR count). The van der Waals surface area contributed by atoms with E-state index in [4.69, 9.17) is 4.42 Å². The van der Waals surface area contributed by atoms with Crippen LogP contribution in [0.1, 0.15) is 33.8 Å². The van der Waals surface area contributed by atoms with Crippen molar-refractivity contribution in [1.29, 1.82) is 0 Å². The highest BCUT2D eigenvalue weighted by molar-refractivity contribution is 5.99. The summed E-state index contributed by atoms with van der Waals surface area (Å²) in [6.07, 6.45) is 2.87. The predicted octanol–water partition coefficient (Wildman–Crippen LogP) is 4.82. The Balaban J connectivity index is 1.51. The summed E-state index contributed by atoms with van der Waals surface area (Å²) in [5, 5.41) is 0. The molecule has 1 unspecified atom stereocenters. The molecule has 2 heterocycles. The third kappa shape index (κ3) is 3.60. The number of carbonyl (C=O) groups excluding carboxylic acids is 2. The molecule has 0 N–H and O–H groups in total. The fourth-order valence-electron chi connectivity index (χ4n) is 3.69. The lowest BCUT2D eigenvalue weighted by atomic mass is 9.89. The molecule has 1 amide bonds. The fourth-order valence-corrected chi connectivity index (χ4v) is 3.69. The highest BCUT2D eigenvalue weighted by atomic mass is 19.1. The van der Waals surface area contributed by atoms with E-state index >= 15 is 0 Å². The summed E-state index contributed by atoms with van der Waals surface area (Å²) < 4.78 is 19.8. The van der Waals surface area contributed by atoms with Crippen molar-refractivity contribution in [3.8, 4) is 11.1 Å². The summed E-state index contributed by atoms with van der Waals surface area (Å²) in [5.41, 5.74) is 1.58. The van der Waals surface area contributed by atoms with Crippen molar-refractivity contribution in [2.75, 3.05) is 13.1 Å². The number of rotatable bonds is 4. The van der Waals surface area contributed by atoms with Crippen LogP contribution >= 0.6 is 0 Å². The molecule has 1 fully saturated rings. The normalized spacial score (nSPS) is 16.8. The SMILES string of the molecule is O=C(c1ccc(-c2ccccc2)c(F)c1)C1CCCN(C(=O)c2ccco2)C1. The molecule has 0 saturated carbocycles. The maximum atomic E-state index is 14.6. The first kappa shape index (κ1) is 18.2. The minimum atomic E-state index is -0.420. The summed E-state index contributed by atoms with van der Waals surface area (Å²) in [7, 11) is 0. The van der Waals surface area contributed by atoms with Crippen molar-refractivity contribution in [1.82, 2.24) is 4.90 Å². The average Bonchev–Trinajstić information content (AvgIpc) is 3.28. The highest BCUT2D eigenvalue weighted by Gasteiger charge is 2.30. The average molecular weight is 377 g/mol. The van der Waals surface area contributed by atoms with Crippen LogP contribution in [0.25, 0.3) is 11.1 Å². The number of likely N-dealkylation sites (tertiary alicyclic amines) is 1. The number of piperidine rings is 1. The molecule has 0 bridgehead atoms. The van der Waals surface area contributed by atoms with Gasteiger partial charge in [0.25, 0.3) is 5.91 Å². The van der Waals surface area contributed by atoms with Gasteiger partial charge < -0.3 is 9.32 Å². The zero-order valence-corrected chi connectivity index (χ0v) is 15.3. The van der Waals surface area contributed by atoms with Gasteiger partial charge in [0.15, 0.2) is 11.5 Å². The summed E-state index contributed by atoms with van der Waals surface area (Å²) in [6.45, 7) is 0.908. The van der Waals surface area contributed by atoms with Crippen LogP contribution in [0.5, 0.6) is 0 Å². The maximum absolute atomic E-state index is 14.6. The molecule has 1 atom stereocenters. The first-order valence-electron chi connectivity index (χ1n) is 9.35. The third-order valence-electron chi connectivity index (χ3n) is 5.15.